The number of aliphatic hydroxyl groups excluding tert-OH is 1. The Morgan fingerprint density at radius 2 is 1.96 bits per heavy atom. The van der Waals surface area contributed by atoms with Gasteiger partial charge in [-0.2, -0.15) is 0 Å². The molecule has 0 fully saturated rings. The van der Waals surface area contributed by atoms with Crippen LogP contribution in [-0.4, -0.2) is 38.6 Å². The largest absolute Gasteiger partial charge is 0.497 e. The van der Waals surface area contributed by atoms with E-state index < -0.39 is 6.10 Å². The molecule has 132 valence electrons. The fourth-order valence-corrected chi connectivity index (χ4v) is 2.54. The molecular weight excluding hydrogens is 326 g/mol. The summed E-state index contributed by atoms with van der Waals surface area (Å²) in [7, 11) is 3.06. The number of nitrogens with one attached hydrogen (secondary N) is 1. The van der Waals surface area contributed by atoms with Crippen molar-refractivity contribution in [1.82, 2.24) is 5.32 Å². The van der Waals surface area contributed by atoms with E-state index in [4.69, 9.17) is 18.9 Å². The Labute approximate surface area is 145 Å². The molecule has 25 heavy (non-hydrogen) atoms. The minimum atomic E-state index is -0.942. The molecule has 1 unspecified atom stereocenters. The van der Waals surface area contributed by atoms with Crippen molar-refractivity contribution in [1.29, 1.82) is 0 Å². The van der Waals surface area contributed by atoms with Crippen molar-refractivity contribution in [3.63, 3.8) is 0 Å². The monoisotopic (exact) mass is 345 g/mol. The molecule has 0 saturated carbocycles. The highest BCUT2D eigenvalue weighted by Crippen LogP contribution is 2.32. The summed E-state index contributed by atoms with van der Waals surface area (Å²) in [5, 5.41) is 13.1. The number of hydrogen-bond donors (Lipinski definition) is 2. The van der Waals surface area contributed by atoms with Crippen molar-refractivity contribution in [2.24, 2.45) is 0 Å². The van der Waals surface area contributed by atoms with E-state index in [2.05, 4.69) is 5.32 Å². The Bertz CT molecular complexity index is 776. The zero-order chi connectivity index (χ0) is 17.8. The fraction of sp³-hybridized carbons (Fsp3) is 0.278. The van der Waals surface area contributed by atoms with E-state index >= 15 is 0 Å². The number of carbonyl (C=O) groups is 1. The molecule has 0 saturated heterocycles. The molecule has 2 N–H and O–H groups in total. The van der Waals surface area contributed by atoms with Crippen LogP contribution >= 0.6 is 0 Å². The second-order valence-corrected chi connectivity index (χ2v) is 5.40. The first kappa shape index (κ1) is 16.9. The maximum Gasteiger partial charge on any atom is 0.251 e. The van der Waals surface area contributed by atoms with E-state index in [-0.39, 0.29) is 19.2 Å². The summed E-state index contributed by atoms with van der Waals surface area (Å²) in [6, 6.07) is 10.0. The van der Waals surface area contributed by atoms with Crippen molar-refractivity contribution >= 4 is 5.91 Å². The molecule has 0 aromatic heterocycles. The minimum Gasteiger partial charge on any atom is -0.497 e. The number of carbonyl (C=O) groups excluding carboxylic acids is 1. The Morgan fingerprint density at radius 1 is 1.16 bits per heavy atom. The Morgan fingerprint density at radius 3 is 2.72 bits per heavy atom. The van der Waals surface area contributed by atoms with Crippen LogP contribution in [-0.2, 0) is 0 Å². The first-order valence-corrected chi connectivity index (χ1v) is 7.70. The molecule has 1 heterocycles. The van der Waals surface area contributed by atoms with E-state index in [1.165, 1.54) is 7.11 Å². The number of amides is 1. The first-order chi connectivity index (χ1) is 12.1. The number of benzene rings is 2. The molecule has 0 radical (unpaired) electrons. The van der Waals surface area contributed by atoms with Crippen LogP contribution in [0.1, 0.15) is 22.0 Å². The lowest BCUT2D eigenvalue weighted by Gasteiger charge is -2.16. The predicted octanol–water partition coefficient (Wildman–Crippen LogP) is 1.90. The van der Waals surface area contributed by atoms with Crippen LogP contribution in [0.4, 0.5) is 0 Å². The average molecular weight is 345 g/mol. The number of fused-ring (bicyclic) bond motifs is 1. The summed E-state index contributed by atoms with van der Waals surface area (Å²) in [5.41, 5.74) is 0.960. The van der Waals surface area contributed by atoms with Gasteiger partial charge < -0.3 is 29.4 Å². The third-order valence-corrected chi connectivity index (χ3v) is 3.89. The maximum absolute atomic E-state index is 12.3. The highest BCUT2D eigenvalue weighted by Gasteiger charge is 2.18. The number of ether oxygens (including phenoxy) is 4. The van der Waals surface area contributed by atoms with E-state index in [0.29, 0.717) is 34.1 Å². The van der Waals surface area contributed by atoms with Crippen molar-refractivity contribution in [2.75, 3.05) is 27.6 Å². The first-order valence-electron chi connectivity index (χ1n) is 7.70. The van der Waals surface area contributed by atoms with E-state index in [0.717, 1.165) is 0 Å². The molecule has 0 bridgehead atoms. The van der Waals surface area contributed by atoms with Gasteiger partial charge in [0.2, 0.25) is 6.79 Å². The van der Waals surface area contributed by atoms with Crippen LogP contribution in [0.3, 0.4) is 0 Å². The minimum absolute atomic E-state index is 0.0246. The summed E-state index contributed by atoms with van der Waals surface area (Å²) in [6.45, 7) is 0.172. The van der Waals surface area contributed by atoms with Gasteiger partial charge in [0.1, 0.15) is 17.6 Å². The van der Waals surface area contributed by atoms with Crippen LogP contribution in [0, 0.1) is 0 Å². The molecule has 2 aromatic carbocycles. The lowest BCUT2D eigenvalue weighted by Crippen LogP contribution is -2.28. The highest BCUT2D eigenvalue weighted by atomic mass is 16.7. The zero-order valence-corrected chi connectivity index (χ0v) is 13.9. The topological polar surface area (TPSA) is 86.2 Å². The van der Waals surface area contributed by atoms with Crippen LogP contribution < -0.4 is 24.3 Å². The van der Waals surface area contributed by atoms with Gasteiger partial charge in [0.15, 0.2) is 11.5 Å². The lowest BCUT2D eigenvalue weighted by molar-refractivity contribution is 0.0914. The van der Waals surface area contributed by atoms with Gasteiger partial charge in [-0.25, -0.2) is 0 Å². The van der Waals surface area contributed by atoms with Gasteiger partial charge in [-0.15, -0.1) is 0 Å². The summed E-state index contributed by atoms with van der Waals surface area (Å²) < 4.78 is 20.9. The number of hydrogen-bond acceptors (Lipinski definition) is 6. The summed E-state index contributed by atoms with van der Waals surface area (Å²) in [6.07, 6.45) is -0.942. The number of aliphatic hydroxyl groups is 1. The Balaban J connectivity index is 1.67. The van der Waals surface area contributed by atoms with Crippen LogP contribution in [0.2, 0.25) is 0 Å². The smallest absolute Gasteiger partial charge is 0.251 e. The molecule has 0 aliphatic carbocycles. The van der Waals surface area contributed by atoms with Crippen molar-refractivity contribution < 1.29 is 28.8 Å². The lowest BCUT2D eigenvalue weighted by atomic mass is 10.1. The molecule has 1 atom stereocenters. The van der Waals surface area contributed by atoms with Crippen molar-refractivity contribution in [3.8, 4) is 23.0 Å². The predicted molar refractivity (Wildman–Crippen MR) is 89.4 cm³/mol. The van der Waals surface area contributed by atoms with Gasteiger partial charge in [-0.1, -0.05) is 0 Å². The molecule has 7 heteroatoms. The van der Waals surface area contributed by atoms with Gasteiger partial charge in [0, 0.05) is 17.7 Å². The normalized spacial score (nSPS) is 13.2. The van der Waals surface area contributed by atoms with Gasteiger partial charge in [0.25, 0.3) is 5.91 Å². The molecule has 3 rings (SSSR count). The SMILES string of the molecule is COc1ccc(OC)c(C(O)CNC(=O)c2ccc3c(c2)OCO3)c1. The molecular formula is C18H19NO6. The highest BCUT2D eigenvalue weighted by molar-refractivity contribution is 5.94. The van der Waals surface area contributed by atoms with Crippen LogP contribution in [0.15, 0.2) is 36.4 Å². The maximum atomic E-state index is 12.3. The van der Waals surface area contributed by atoms with Crippen LogP contribution in [0.25, 0.3) is 0 Å². The molecule has 1 aliphatic rings. The van der Waals surface area contributed by atoms with Gasteiger partial charge in [0.05, 0.1) is 14.2 Å². The van der Waals surface area contributed by atoms with Gasteiger partial charge in [-0.3, -0.25) is 4.79 Å². The number of methoxy groups -OCH3 is 2. The summed E-state index contributed by atoms with van der Waals surface area (Å²) in [4.78, 5) is 12.3. The summed E-state index contributed by atoms with van der Waals surface area (Å²) >= 11 is 0. The standard InChI is InChI=1S/C18H19NO6/c1-22-12-4-6-15(23-2)13(8-12)14(20)9-19-18(21)11-3-5-16-17(7-11)25-10-24-16/h3-8,14,20H,9-10H2,1-2H3,(H,19,21). The third-order valence-electron chi connectivity index (χ3n) is 3.89. The average Bonchev–Trinajstić information content (AvgIpc) is 3.12. The second kappa shape index (κ2) is 7.31. The van der Waals surface area contributed by atoms with Crippen molar-refractivity contribution in [2.45, 2.75) is 6.10 Å². The Hall–Kier alpha value is -2.93. The van der Waals surface area contributed by atoms with Crippen molar-refractivity contribution in [3.05, 3.63) is 47.5 Å². The van der Waals surface area contributed by atoms with Gasteiger partial charge in [-0.05, 0) is 36.4 Å². The Kier molecular flexibility index (Phi) is 4.95. The zero-order valence-electron chi connectivity index (χ0n) is 13.9. The quantitative estimate of drug-likeness (QED) is 0.832. The third kappa shape index (κ3) is 3.61. The summed E-state index contributed by atoms with van der Waals surface area (Å²) in [5.74, 6) is 1.93. The molecule has 1 aliphatic heterocycles. The molecule has 0 spiro atoms. The molecule has 1 amide bonds. The van der Waals surface area contributed by atoms with E-state index in [9.17, 15) is 9.90 Å². The second-order valence-electron chi connectivity index (χ2n) is 5.40. The van der Waals surface area contributed by atoms with E-state index in [1.54, 1.807) is 43.5 Å². The van der Waals surface area contributed by atoms with E-state index in [1.807, 2.05) is 0 Å². The number of rotatable bonds is 6. The fourth-order valence-electron chi connectivity index (χ4n) is 2.54. The van der Waals surface area contributed by atoms with Gasteiger partial charge >= 0.3 is 0 Å². The molecule has 7 nitrogen and oxygen atoms in total. The molecule has 2 aromatic rings. The van der Waals surface area contributed by atoms with Crippen LogP contribution in [0.5, 0.6) is 23.0 Å².